The van der Waals surface area contributed by atoms with Crippen molar-refractivity contribution in [1.29, 1.82) is 0 Å². The van der Waals surface area contributed by atoms with Crippen LogP contribution in [0.5, 0.6) is 0 Å². The summed E-state index contributed by atoms with van der Waals surface area (Å²) in [5, 5.41) is 2.43. The number of nitrogens with one attached hydrogen (secondary N) is 1. The lowest BCUT2D eigenvalue weighted by Gasteiger charge is -2.13. The fourth-order valence-electron chi connectivity index (χ4n) is 2.39. The summed E-state index contributed by atoms with van der Waals surface area (Å²) in [7, 11) is 2.64. The maximum Gasteiger partial charge on any atom is 0.328 e. The average Bonchev–Trinajstić information content (AvgIpc) is 2.74. The van der Waals surface area contributed by atoms with Gasteiger partial charge in [-0.05, 0) is 17.5 Å². The first kappa shape index (κ1) is 22.9. The Balaban J connectivity index is 0.000000283. The van der Waals surface area contributed by atoms with Gasteiger partial charge in [-0.25, -0.2) is 4.79 Å². The molecule has 0 fully saturated rings. The quantitative estimate of drug-likeness (QED) is 0.522. The molecule has 0 bridgehead atoms. The van der Waals surface area contributed by atoms with E-state index in [4.69, 9.17) is 5.73 Å². The van der Waals surface area contributed by atoms with Crippen molar-refractivity contribution in [3.63, 3.8) is 0 Å². The number of ether oxygens (including phenoxy) is 2. The molecule has 7 nitrogen and oxygen atoms in total. The predicted octanol–water partition coefficient (Wildman–Crippen LogP) is 1.25. The average molecular weight is 386 g/mol. The van der Waals surface area contributed by atoms with Crippen molar-refractivity contribution in [3.8, 4) is 0 Å². The molecule has 0 saturated carbocycles. The minimum absolute atomic E-state index is 0.371. The van der Waals surface area contributed by atoms with Crippen LogP contribution in [0.3, 0.4) is 0 Å². The van der Waals surface area contributed by atoms with Gasteiger partial charge in [-0.2, -0.15) is 0 Å². The number of methoxy groups -OCH3 is 2. The van der Waals surface area contributed by atoms with Crippen molar-refractivity contribution in [2.24, 2.45) is 5.73 Å². The number of carbonyl (C=O) groups is 3. The monoisotopic (exact) mass is 386 g/mol. The molecule has 0 saturated heterocycles. The normalized spacial score (nSPS) is 11.8. The number of hydrogen-bond acceptors (Lipinski definition) is 6. The lowest BCUT2D eigenvalue weighted by molar-refractivity contribution is -0.144. The zero-order valence-electron chi connectivity index (χ0n) is 16.0. The Bertz CT molecular complexity index is 722. The Morgan fingerprint density at radius 1 is 0.893 bits per heavy atom. The predicted molar refractivity (Wildman–Crippen MR) is 105 cm³/mol. The molecule has 2 rings (SSSR count). The summed E-state index contributed by atoms with van der Waals surface area (Å²) in [6.45, 7) is 0. The second kappa shape index (κ2) is 13.1. The zero-order chi connectivity index (χ0) is 20.8. The number of hydrogen-bond donors (Lipinski definition) is 2. The van der Waals surface area contributed by atoms with Crippen molar-refractivity contribution in [1.82, 2.24) is 5.32 Å². The second-order valence-electron chi connectivity index (χ2n) is 5.87. The highest BCUT2D eigenvalue weighted by molar-refractivity contribution is 5.78. The van der Waals surface area contributed by atoms with Crippen LogP contribution in [0.25, 0.3) is 0 Å². The lowest BCUT2D eigenvalue weighted by Crippen LogP contribution is -2.38. The molecular weight excluding hydrogens is 360 g/mol. The minimum Gasteiger partial charge on any atom is -0.468 e. The van der Waals surface area contributed by atoms with E-state index in [1.807, 2.05) is 60.7 Å². The third-order valence-corrected chi connectivity index (χ3v) is 3.84. The molecule has 7 heteroatoms. The van der Waals surface area contributed by atoms with E-state index in [9.17, 15) is 14.4 Å². The van der Waals surface area contributed by atoms with E-state index in [0.717, 1.165) is 11.1 Å². The Morgan fingerprint density at radius 2 is 1.36 bits per heavy atom. The fraction of sp³-hybridized carbons (Fsp3) is 0.286. The van der Waals surface area contributed by atoms with Gasteiger partial charge in [0, 0.05) is 6.42 Å². The molecule has 2 aromatic carbocycles. The van der Waals surface area contributed by atoms with E-state index in [2.05, 4.69) is 14.8 Å². The highest BCUT2D eigenvalue weighted by Crippen LogP contribution is 2.04. The molecular formula is C21H26N2O5. The van der Waals surface area contributed by atoms with Crippen molar-refractivity contribution in [2.45, 2.75) is 24.9 Å². The number of amides is 1. The van der Waals surface area contributed by atoms with Crippen LogP contribution in [0.2, 0.25) is 0 Å². The van der Waals surface area contributed by atoms with Crippen LogP contribution in [0.4, 0.5) is 0 Å². The van der Waals surface area contributed by atoms with E-state index in [1.54, 1.807) is 0 Å². The molecule has 150 valence electrons. The maximum absolute atomic E-state index is 11.3. The summed E-state index contributed by atoms with van der Waals surface area (Å²) in [6.07, 6.45) is 1.46. The van der Waals surface area contributed by atoms with Gasteiger partial charge in [-0.15, -0.1) is 0 Å². The van der Waals surface area contributed by atoms with Crippen molar-refractivity contribution in [3.05, 3.63) is 71.8 Å². The number of esters is 2. The highest BCUT2D eigenvalue weighted by atomic mass is 16.5. The number of carbonyl (C=O) groups excluding carboxylic acids is 3. The molecule has 2 aromatic rings. The van der Waals surface area contributed by atoms with Crippen LogP contribution < -0.4 is 11.1 Å². The molecule has 3 N–H and O–H groups in total. The maximum atomic E-state index is 11.3. The summed E-state index contributed by atoms with van der Waals surface area (Å²) < 4.78 is 9.10. The molecule has 0 aliphatic carbocycles. The zero-order valence-corrected chi connectivity index (χ0v) is 16.0. The number of benzene rings is 2. The first-order valence-corrected chi connectivity index (χ1v) is 8.70. The summed E-state index contributed by atoms with van der Waals surface area (Å²) in [6, 6.07) is 17.9. The smallest absolute Gasteiger partial charge is 0.328 e. The Kier molecular flexibility index (Phi) is 10.7. The molecule has 0 aliphatic heterocycles. The largest absolute Gasteiger partial charge is 0.468 e. The van der Waals surface area contributed by atoms with Crippen LogP contribution in [0.1, 0.15) is 11.1 Å². The number of nitrogens with two attached hydrogens (primary N) is 1. The van der Waals surface area contributed by atoms with Gasteiger partial charge in [0.05, 0.1) is 14.2 Å². The van der Waals surface area contributed by atoms with Gasteiger partial charge in [0.15, 0.2) is 0 Å². The van der Waals surface area contributed by atoms with Crippen LogP contribution in [0, 0.1) is 0 Å². The standard InChI is InChI=1S/C11H13NO3.C10H13NO2/c1-15-11(14)10(12-8-13)7-9-5-3-2-4-6-9;1-13-10(12)9(11)7-8-5-3-2-4-6-8/h2-6,8,10H,7H2,1H3,(H,12,13);2-6,9H,7,11H2,1H3. The highest BCUT2D eigenvalue weighted by Gasteiger charge is 2.18. The van der Waals surface area contributed by atoms with Crippen molar-refractivity contribution in [2.75, 3.05) is 14.2 Å². The van der Waals surface area contributed by atoms with E-state index in [1.165, 1.54) is 14.2 Å². The molecule has 0 heterocycles. The second-order valence-corrected chi connectivity index (χ2v) is 5.87. The Morgan fingerprint density at radius 3 is 1.79 bits per heavy atom. The Labute approximate surface area is 164 Å². The molecule has 1 amide bonds. The van der Waals surface area contributed by atoms with Gasteiger partial charge in [-0.1, -0.05) is 60.7 Å². The van der Waals surface area contributed by atoms with Crippen LogP contribution >= 0.6 is 0 Å². The van der Waals surface area contributed by atoms with E-state index in [-0.39, 0.29) is 5.97 Å². The molecule has 0 radical (unpaired) electrons. The summed E-state index contributed by atoms with van der Waals surface area (Å²) in [5.74, 6) is -0.810. The topological polar surface area (TPSA) is 108 Å². The van der Waals surface area contributed by atoms with Crippen LogP contribution in [-0.2, 0) is 36.7 Å². The molecule has 0 aliphatic rings. The molecule has 0 spiro atoms. The van der Waals surface area contributed by atoms with Crippen LogP contribution in [-0.4, -0.2) is 44.7 Å². The van der Waals surface area contributed by atoms with Gasteiger partial charge in [-0.3, -0.25) is 9.59 Å². The molecule has 28 heavy (non-hydrogen) atoms. The van der Waals surface area contributed by atoms with Crippen molar-refractivity contribution < 1.29 is 23.9 Å². The molecule has 0 aromatic heterocycles. The third kappa shape index (κ3) is 8.46. The Hall–Kier alpha value is -3.19. The SMILES string of the molecule is COC(=O)C(Cc1ccccc1)NC=O.COC(=O)C(N)Cc1ccccc1. The van der Waals surface area contributed by atoms with Gasteiger partial charge < -0.3 is 20.5 Å². The van der Waals surface area contributed by atoms with Crippen LogP contribution in [0.15, 0.2) is 60.7 Å². The fourth-order valence-corrected chi connectivity index (χ4v) is 2.39. The summed E-state index contributed by atoms with van der Waals surface area (Å²) in [4.78, 5) is 32.5. The summed E-state index contributed by atoms with van der Waals surface area (Å²) in [5.41, 5.74) is 7.60. The van der Waals surface area contributed by atoms with E-state index >= 15 is 0 Å². The number of rotatable bonds is 8. The van der Waals surface area contributed by atoms with E-state index in [0.29, 0.717) is 19.3 Å². The third-order valence-electron chi connectivity index (χ3n) is 3.84. The van der Waals surface area contributed by atoms with Gasteiger partial charge in [0.25, 0.3) is 0 Å². The minimum atomic E-state index is -0.616. The first-order chi connectivity index (χ1) is 13.5. The van der Waals surface area contributed by atoms with Crippen molar-refractivity contribution >= 4 is 18.3 Å². The molecule has 2 unspecified atom stereocenters. The summed E-state index contributed by atoms with van der Waals surface area (Å²) >= 11 is 0. The van der Waals surface area contributed by atoms with Gasteiger partial charge in [0.2, 0.25) is 6.41 Å². The lowest BCUT2D eigenvalue weighted by atomic mass is 10.1. The molecule has 2 atom stereocenters. The first-order valence-electron chi connectivity index (χ1n) is 8.70. The van der Waals surface area contributed by atoms with E-state index < -0.39 is 18.1 Å². The van der Waals surface area contributed by atoms with Gasteiger partial charge in [0.1, 0.15) is 12.1 Å². The van der Waals surface area contributed by atoms with Gasteiger partial charge >= 0.3 is 11.9 Å².